The molecule has 0 radical (unpaired) electrons. The van der Waals surface area contributed by atoms with Crippen molar-refractivity contribution in [2.75, 3.05) is 0 Å². The lowest BCUT2D eigenvalue weighted by Gasteiger charge is -2.15. The number of nitrogens with zero attached hydrogens (tertiary/aromatic N) is 3. The molecule has 0 amide bonds. The Morgan fingerprint density at radius 3 is 2.41 bits per heavy atom. The fraction of sp³-hybridized carbons (Fsp3) is 0. The second-order valence-corrected chi connectivity index (χ2v) is 6.04. The van der Waals surface area contributed by atoms with E-state index in [2.05, 4.69) is 11.1 Å². The van der Waals surface area contributed by atoms with Gasteiger partial charge in [-0.05, 0) is 54.1 Å². The van der Waals surface area contributed by atoms with E-state index in [1.165, 1.54) is 0 Å². The van der Waals surface area contributed by atoms with Gasteiger partial charge in [-0.2, -0.15) is 5.26 Å². The quantitative estimate of drug-likeness (QED) is 0.549. The molecule has 4 rings (SSSR count). The molecule has 0 N–H and O–H groups in total. The van der Waals surface area contributed by atoms with Crippen LogP contribution in [0.4, 0.5) is 0 Å². The molecule has 4 nitrogen and oxygen atoms in total. The van der Waals surface area contributed by atoms with Crippen LogP contribution in [0.2, 0.25) is 0 Å². The molecule has 0 unspecified atom stereocenters. The Balaban J connectivity index is 2.00. The van der Waals surface area contributed by atoms with E-state index in [1.54, 1.807) is 41.2 Å². The number of pyridine rings is 2. The third-order valence-electron chi connectivity index (χ3n) is 4.36. The van der Waals surface area contributed by atoms with E-state index in [-0.39, 0.29) is 5.56 Å². The van der Waals surface area contributed by atoms with Crippen LogP contribution < -0.4 is 5.56 Å². The summed E-state index contributed by atoms with van der Waals surface area (Å²) >= 11 is 0. The highest BCUT2D eigenvalue weighted by atomic mass is 16.1. The van der Waals surface area contributed by atoms with Crippen molar-refractivity contribution in [2.24, 2.45) is 0 Å². The van der Waals surface area contributed by atoms with Crippen molar-refractivity contribution in [3.63, 3.8) is 0 Å². The van der Waals surface area contributed by atoms with Crippen LogP contribution in [0.15, 0.2) is 96.1 Å². The molecule has 0 aliphatic carbocycles. The van der Waals surface area contributed by atoms with Crippen LogP contribution in [-0.2, 0) is 0 Å². The number of nitriles is 1. The topological polar surface area (TPSA) is 58.7 Å². The second-order valence-electron chi connectivity index (χ2n) is 6.04. The minimum atomic E-state index is -0.141. The van der Waals surface area contributed by atoms with Crippen molar-refractivity contribution in [1.29, 1.82) is 5.26 Å². The summed E-state index contributed by atoms with van der Waals surface area (Å²) in [5, 5.41) is 9.16. The van der Waals surface area contributed by atoms with Gasteiger partial charge in [0, 0.05) is 29.2 Å². The lowest BCUT2D eigenvalue weighted by molar-refractivity contribution is 1.00. The lowest BCUT2D eigenvalue weighted by Crippen LogP contribution is -2.21. The first-order chi connectivity index (χ1) is 13.3. The van der Waals surface area contributed by atoms with Gasteiger partial charge in [0.2, 0.25) is 0 Å². The van der Waals surface area contributed by atoms with Crippen LogP contribution in [0.1, 0.15) is 5.56 Å². The zero-order valence-electron chi connectivity index (χ0n) is 14.4. The van der Waals surface area contributed by atoms with E-state index in [9.17, 15) is 4.79 Å². The molecule has 0 saturated heterocycles. The molecule has 0 aliphatic rings. The van der Waals surface area contributed by atoms with Crippen LogP contribution in [0.25, 0.3) is 28.1 Å². The molecule has 2 aromatic heterocycles. The lowest BCUT2D eigenvalue weighted by atomic mass is 10.0. The molecular weight excluding hydrogens is 334 g/mol. The summed E-state index contributed by atoms with van der Waals surface area (Å²) in [6, 6.07) is 26.2. The molecule has 0 fully saturated rings. The van der Waals surface area contributed by atoms with Gasteiger partial charge in [-0.1, -0.05) is 30.3 Å². The Bertz CT molecular complexity index is 1190. The fourth-order valence-electron chi connectivity index (χ4n) is 3.09. The van der Waals surface area contributed by atoms with Gasteiger partial charge in [0.25, 0.3) is 5.56 Å². The van der Waals surface area contributed by atoms with Gasteiger partial charge < -0.3 is 0 Å². The van der Waals surface area contributed by atoms with E-state index in [0.717, 1.165) is 22.5 Å². The van der Waals surface area contributed by atoms with Gasteiger partial charge in [0.15, 0.2) is 0 Å². The van der Waals surface area contributed by atoms with E-state index >= 15 is 0 Å². The molecule has 27 heavy (non-hydrogen) atoms. The summed E-state index contributed by atoms with van der Waals surface area (Å²) in [6.07, 6.45) is 3.44. The van der Waals surface area contributed by atoms with Crippen LogP contribution >= 0.6 is 0 Å². The maximum Gasteiger partial charge on any atom is 0.263 e. The molecule has 4 heteroatoms. The summed E-state index contributed by atoms with van der Waals surface area (Å²) in [5.41, 5.74) is 4.05. The molecule has 0 spiro atoms. The van der Waals surface area contributed by atoms with E-state index in [1.807, 2.05) is 54.6 Å². The highest BCUT2D eigenvalue weighted by Crippen LogP contribution is 2.24. The van der Waals surface area contributed by atoms with Gasteiger partial charge in [-0.15, -0.1) is 0 Å². The molecule has 4 aromatic rings. The number of rotatable bonds is 3. The van der Waals surface area contributed by atoms with Crippen molar-refractivity contribution in [3.8, 4) is 34.1 Å². The molecule has 0 bridgehead atoms. The Morgan fingerprint density at radius 1 is 0.852 bits per heavy atom. The first kappa shape index (κ1) is 16.5. The number of aromatic nitrogens is 2. The SMILES string of the molecule is N#Cc1cccc(-c2ccc(-c3cccnc3)n(-c3ccccc3)c2=O)c1. The molecule has 0 aliphatic heterocycles. The largest absolute Gasteiger partial charge is 0.276 e. The summed E-state index contributed by atoms with van der Waals surface area (Å²) in [4.78, 5) is 17.6. The zero-order chi connectivity index (χ0) is 18.6. The minimum absolute atomic E-state index is 0.141. The van der Waals surface area contributed by atoms with Crippen LogP contribution in [-0.4, -0.2) is 9.55 Å². The van der Waals surface area contributed by atoms with E-state index in [4.69, 9.17) is 5.26 Å². The van der Waals surface area contributed by atoms with Crippen molar-refractivity contribution < 1.29 is 0 Å². The normalized spacial score (nSPS) is 10.3. The average Bonchev–Trinajstić information content (AvgIpc) is 2.74. The first-order valence-corrected chi connectivity index (χ1v) is 8.50. The third-order valence-corrected chi connectivity index (χ3v) is 4.36. The first-order valence-electron chi connectivity index (χ1n) is 8.50. The zero-order valence-corrected chi connectivity index (χ0v) is 14.4. The third kappa shape index (κ3) is 3.14. The molecule has 128 valence electrons. The Labute approximate surface area is 156 Å². The molecule has 2 aromatic carbocycles. The maximum absolute atomic E-state index is 13.4. The van der Waals surface area contributed by atoms with E-state index < -0.39 is 0 Å². The fourth-order valence-corrected chi connectivity index (χ4v) is 3.09. The van der Waals surface area contributed by atoms with Crippen molar-refractivity contribution in [3.05, 3.63) is 107 Å². The number of hydrogen-bond acceptors (Lipinski definition) is 3. The number of hydrogen-bond donors (Lipinski definition) is 0. The van der Waals surface area contributed by atoms with Crippen LogP contribution in [0.3, 0.4) is 0 Å². The minimum Gasteiger partial charge on any atom is -0.276 e. The number of para-hydroxylation sites is 1. The average molecular weight is 349 g/mol. The van der Waals surface area contributed by atoms with Crippen molar-refractivity contribution in [2.45, 2.75) is 0 Å². The predicted molar refractivity (Wildman–Crippen MR) is 105 cm³/mol. The highest BCUT2D eigenvalue weighted by Gasteiger charge is 2.14. The molecule has 2 heterocycles. The molecule has 0 saturated carbocycles. The summed E-state index contributed by atoms with van der Waals surface area (Å²) in [7, 11) is 0. The highest BCUT2D eigenvalue weighted by molar-refractivity contribution is 5.69. The summed E-state index contributed by atoms with van der Waals surface area (Å²) < 4.78 is 1.69. The van der Waals surface area contributed by atoms with Gasteiger partial charge in [-0.3, -0.25) is 14.3 Å². The summed E-state index contributed by atoms with van der Waals surface area (Å²) in [5.74, 6) is 0. The van der Waals surface area contributed by atoms with Crippen molar-refractivity contribution >= 4 is 0 Å². The Kier molecular flexibility index (Phi) is 4.34. The predicted octanol–water partition coefficient (Wildman–Crippen LogP) is 4.44. The van der Waals surface area contributed by atoms with Gasteiger partial charge >= 0.3 is 0 Å². The maximum atomic E-state index is 13.4. The summed E-state index contributed by atoms with van der Waals surface area (Å²) in [6.45, 7) is 0. The van der Waals surface area contributed by atoms with Gasteiger partial charge in [0.05, 0.1) is 17.3 Å². The Hall–Kier alpha value is -3.97. The Morgan fingerprint density at radius 2 is 1.67 bits per heavy atom. The number of benzene rings is 2. The van der Waals surface area contributed by atoms with Crippen molar-refractivity contribution in [1.82, 2.24) is 9.55 Å². The standard InChI is InChI=1S/C23H15N3O/c24-15-17-6-4-7-18(14-17)21-11-12-22(19-8-5-13-25-16-19)26(23(21)27)20-9-2-1-3-10-20/h1-14,16H. The molecule has 0 atom stereocenters. The monoisotopic (exact) mass is 349 g/mol. The smallest absolute Gasteiger partial charge is 0.263 e. The molecular formula is C23H15N3O. The van der Waals surface area contributed by atoms with Crippen LogP contribution in [0.5, 0.6) is 0 Å². The van der Waals surface area contributed by atoms with Crippen LogP contribution in [0, 0.1) is 11.3 Å². The van der Waals surface area contributed by atoms with Gasteiger partial charge in [-0.25, -0.2) is 0 Å². The van der Waals surface area contributed by atoms with E-state index in [0.29, 0.717) is 11.1 Å². The van der Waals surface area contributed by atoms with Gasteiger partial charge in [0.1, 0.15) is 0 Å². The second kappa shape index (κ2) is 7.11.